The molecule has 0 saturated heterocycles. The van der Waals surface area contributed by atoms with Gasteiger partial charge in [0.1, 0.15) is 30.6 Å². The molecule has 2 aromatic carbocycles. The summed E-state index contributed by atoms with van der Waals surface area (Å²) in [5.41, 5.74) is 3.96. The van der Waals surface area contributed by atoms with Crippen LogP contribution in [-0.4, -0.2) is 31.8 Å². The van der Waals surface area contributed by atoms with Crippen molar-refractivity contribution in [3.63, 3.8) is 0 Å². The average molecular weight is 711 g/mol. The van der Waals surface area contributed by atoms with E-state index in [1.807, 2.05) is 29.1 Å². The number of nitrogens with zero attached hydrogens (tertiary/aromatic N) is 2. The Balaban J connectivity index is 1.24. The second kappa shape index (κ2) is 18.0. The highest BCUT2D eigenvalue weighted by Gasteiger charge is 2.31. The number of carbonyl (C=O) groups is 2. The molecule has 0 radical (unpaired) electrons. The summed E-state index contributed by atoms with van der Waals surface area (Å²) in [6.07, 6.45) is 9.35. The molecule has 4 aromatic rings. The van der Waals surface area contributed by atoms with Gasteiger partial charge in [0.25, 0.3) is 0 Å². The zero-order valence-corrected chi connectivity index (χ0v) is 26.8. The molecule has 14 heteroatoms. The largest absolute Gasteiger partial charge is 0.573 e. The molecule has 0 aliphatic carbocycles. The van der Waals surface area contributed by atoms with E-state index in [0.717, 1.165) is 17.5 Å². The SMILES string of the molecule is O=CC=C(C=CNc1ccc(OC(F)(F)F)cc1)c1cc[n+](CCCNC=CC(=CC=O)c2cc[n+](-c3ccc(OC(F)(F)F)cc3)cc2)cc1. The number of benzene rings is 2. The van der Waals surface area contributed by atoms with Crippen LogP contribution >= 0.6 is 0 Å². The maximum Gasteiger partial charge on any atom is 0.573 e. The van der Waals surface area contributed by atoms with Crippen LogP contribution < -0.4 is 29.2 Å². The molecule has 2 N–H and O–H groups in total. The molecule has 0 unspecified atom stereocenters. The van der Waals surface area contributed by atoms with Crippen molar-refractivity contribution >= 4 is 29.4 Å². The highest BCUT2D eigenvalue weighted by Crippen LogP contribution is 2.25. The quantitative estimate of drug-likeness (QED) is 0.0325. The fourth-order valence-electron chi connectivity index (χ4n) is 4.63. The van der Waals surface area contributed by atoms with Gasteiger partial charge >= 0.3 is 12.7 Å². The van der Waals surface area contributed by atoms with Gasteiger partial charge in [0.05, 0.1) is 0 Å². The molecule has 0 atom stereocenters. The van der Waals surface area contributed by atoms with Gasteiger partial charge in [-0.3, -0.25) is 9.59 Å². The van der Waals surface area contributed by atoms with Gasteiger partial charge in [-0.1, -0.05) is 0 Å². The monoisotopic (exact) mass is 710 g/mol. The summed E-state index contributed by atoms with van der Waals surface area (Å²) in [4.78, 5) is 22.5. The maximum atomic E-state index is 12.4. The molecule has 0 saturated carbocycles. The molecule has 2 heterocycles. The maximum absolute atomic E-state index is 12.4. The Morgan fingerprint density at radius 1 is 0.647 bits per heavy atom. The van der Waals surface area contributed by atoms with Crippen LogP contribution in [0.25, 0.3) is 16.8 Å². The summed E-state index contributed by atoms with van der Waals surface area (Å²) < 4.78 is 85.8. The van der Waals surface area contributed by atoms with Gasteiger partial charge in [-0.2, -0.15) is 4.57 Å². The molecule has 0 spiro atoms. The fourth-order valence-corrected chi connectivity index (χ4v) is 4.63. The molecule has 2 aromatic heterocycles. The zero-order valence-electron chi connectivity index (χ0n) is 26.8. The Morgan fingerprint density at radius 3 is 1.65 bits per heavy atom. The smallest absolute Gasteiger partial charge is 0.406 e. The van der Waals surface area contributed by atoms with Crippen LogP contribution in [0, 0.1) is 0 Å². The normalized spacial score (nSPS) is 12.6. The molecule has 264 valence electrons. The van der Waals surface area contributed by atoms with E-state index in [0.29, 0.717) is 48.2 Å². The lowest BCUT2D eigenvalue weighted by Gasteiger charge is -2.09. The second-order valence-corrected chi connectivity index (χ2v) is 10.6. The van der Waals surface area contributed by atoms with E-state index in [1.54, 1.807) is 53.6 Å². The molecule has 0 aliphatic rings. The fraction of sp³-hybridized carbons (Fsp3) is 0.135. The van der Waals surface area contributed by atoms with Gasteiger partial charge in [-0.05, 0) is 89.2 Å². The van der Waals surface area contributed by atoms with Crippen LogP contribution in [0.15, 0.2) is 134 Å². The molecule has 0 bridgehead atoms. The van der Waals surface area contributed by atoms with Crippen molar-refractivity contribution in [2.45, 2.75) is 25.7 Å². The van der Waals surface area contributed by atoms with E-state index in [4.69, 9.17) is 0 Å². The summed E-state index contributed by atoms with van der Waals surface area (Å²) in [6.45, 7) is 1.33. The predicted octanol–water partition coefficient (Wildman–Crippen LogP) is 7.03. The zero-order chi connectivity index (χ0) is 36.7. The number of rotatable bonds is 16. The number of alkyl halides is 6. The van der Waals surface area contributed by atoms with Crippen molar-refractivity contribution in [1.29, 1.82) is 0 Å². The summed E-state index contributed by atoms with van der Waals surface area (Å²) in [5, 5.41) is 6.14. The van der Waals surface area contributed by atoms with Crippen molar-refractivity contribution < 1.29 is 54.5 Å². The number of hydrogen-bond donors (Lipinski definition) is 2. The number of pyridine rings is 2. The van der Waals surface area contributed by atoms with Gasteiger partial charge in [0.15, 0.2) is 24.8 Å². The topological polar surface area (TPSA) is 84.4 Å². The van der Waals surface area contributed by atoms with Gasteiger partial charge in [-0.15, -0.1) is 26.3 Å². The first-order valence-electron chi connectivity index (χ1n) is 15.3. The second-order valence-electron chi connectivity index (χ2n) is 10.6. The van der Waals surface area contributed by atoms with Crippen LogP contribution in [0.1, 0.15) is 17.5 Å². The van der Waals surface area contributed by atoms with Crippen molar-refractivity contribution in [2.75, 3.05) is 11.9 Å². The minimum absolute atomic E-state index is 0.317. The number of hydrogen-bond acceptors (Lipinski definition) is 6. The summed E-state index contributed by atoms with van der Waals surface area (Å²) in [6, 6.07) is 17.9. The van der Waals surface area contributed by atoms with Crippen LogP contribution in [-0.2, 0) is 16.1 Å². The number of aromatic nitrogens is 2. The summed E-state index contributed by atoms with van der Waals surface area (Å²) >= 11 is 0. The van der Waals surface area contributed by atoms with E-state index < -0.39 is 12.7 Å². The first-order valence-corrected chi connectivity index (χ1v) is 15.3. The number of halogens is 6. The van der Waals surface area contributed by atoms with E-state index in [-0.39, 0.29) is 11.5 Å². The third-order valence-electron chi connectivity index (χ3n) is 6.97. The lowest BCUT2D eigenvalue weighted by Crippen LogP contribution is -2.33. The van der Waals surface area contributed by atoms with Crippen molar-refractivity contribution in [1.82, 2.24) is 5.32 Å². The van der Waals surface area contributed by atoms with Crippen molar-refractivity contribution in [3.8, 4) is 17.2 Å². The molecule has 4 rings (SSSR count). The van der Waals surface area contributed by atoms with Gasteiger partial charge in [0.2, 0.25) is 5.69 Å². The van der Waals surface area contributed by atoms with E-state index in [2.05, 4.69) is 20.1 Å². The number of ether oxygens (including phenoxy) is 2. The molecule has 8 nitrogen and oxygen atoms in total. The molecule has 51 heavy (non-hydrogen) atoms. The van der Waals surface area contributed by atoms with Crippen molar-refractivity contribution in [2.24, 2.45) is 0 Å². The Labute approximate surface area is 289 Å². The van der Waals surface area contributed by atoms with Gasteiger partial charge < -0.3 is 20.1 Å². The molecular formula is C37H32F6N4O4+2. The Hall–Kier alpha value is -6.18. The predicted molar refractivity (Wildman–Crippen MR) is 177 cm³/mol. The standard InChI is InChI=1S/C37H30F6N4O4/c38-36(39,40)50-34-6-2-32(3-7-34)45-20-11-29(17-27-49)30-12-22-46(23-13-30)21-1-18-44-19-10-28(16-26-48)31-14-24-47(25-15-31)33-4-8-35(9-5-33)51-37(41,42)43/h2-17,19-20,22-27H,1,18,21H2/p+2. The van der Waals surface area contributed by atoms with E-state index >= 15 is 0 Å². The molecule has 0 aliphatic heterocycles. The Morgan fingerprint density at radius 2 is 1.14 bits per heavy atom. The minimum Gasteiger partial charge on any atom is -0.406 e. The van der Waals surface area contributed by atoms with Crippen LogP contribution in [0.4, 0.5) is 32.0 Å². The summed E-state index contributed by atoms with van der Waals surface area (Å²) in [5.74, 6) is -0.650. The average Bonchev–Trinajstić information content (AvgIpc) is 3.09. The third-order valence-corrected chi connectivity index (χ3v) is 6.97. The number of carbonyl (C=O) groups excluding carboxylic acids is 2. The number of nitrogens with one attached hydrogen (secondary N) is 2. The van der Waals surface area contributed by atoms with Crippen LogP contribution in [0.2, 0.25) is 0 Å². The highest BCUT2D eigenvalue weighted by molar-refractivity contribution is 5.86. The van der Waals surface area contributed by atoms with Crippen LogP contribution in [0.3, 0.4) is 0 Å². The van der Waals surface area contributed by atoms with E-state index in [1.165, 1.54) is 60.7 Å². The highest BCUT2D eigenvalue weighted by atomic mass is 19.4. The first kappa shape index (κ1) is 37.6. The third kappa shape index (κ3) is 13.0. The first-order chi connectivity index (χ1) is 24.4. The number of aldehydes is 2. The Kier molecular flexibility index (Phi) is 13.3. The van der Waals surface area contributed by atoms with Gasteiger partial charge in [0, 0.05) is 61.3 Å². The van der Waals surface area contributed by atoms with Gasteiger partial charge in [-0.25, -0.2) is 4.57 Å². The minimum atomic E-state index is -4.77. The number of aryl methyl sites for hydroxylation is 1. The van der Waals surface area contributed by atoms with E-state index in [9.17, 15) is 35.9 Å². The number of anilines is 1. The molecule has 0 amide bonds. The van der Waals surface area contributed by atoms with Crippen LogP contribution in [0.5, 0.6) is 11.5 Å². The summed E-state index contributed by atoms with van der Waals surface area (Å²) in [7, 11) is 0. The molecule has 0 fully saturated rings. The Bertz CT molecular complexity index is 1850. The van der Waals surface area contributed by atoms with Crippen molar-refractivity contribution in [3.05, 3.63) is 145 Å². The lowest BCUT2D eigenvalue weighted by molar-refractivity contribution is -0.697. The number of allylic oxidation sites excluding steroid dienone is 6. The molecular weight excluding hydrogens is 678 g/mol. The lowest BCUT2D eigenvalue weighted by atomic mass is 10.1.